The first-order valence-corrected chi connectivity index (χ1v) is 25.1. The number of benzene rings is 9. The Morgan fingerprint density at radius 1 is 0.371 bits per heavy atom. The number of anilines is 6. The molecular formula is C66H48N2OS. The molecule has 2 aliphatic rings. The zero-order valence-electron chi connectivity index (χ0n) is 38.5. The highest BCUT2D eigenvalue weighted by Gasteiger charge is 2.20. The number of allylic oxidation sites excluding steroid dienone is 8. The number of thiophene rings is 1. The van der Waals surface area contributed by atoms with Gasteiger partial charge in [-0.05, 0) is 143 Å². The van der Waals surface area contributed by atoms with Crippen molar-refractivity contribution in [3.05, 3.63) is 272 Å². The van der Waals surface area contributed by atoms with Gasteiger partial charge in [-0.3, -0.25) is 0 Å². The Morgan fingerprint density at radius 2 is 0.886 bits per heavy atom. The standard InChI is InChI=1S/C66H48N2OS/c1-3-11-53(12-4-1)67(57-39-41-64-61(43-57)59-15-7-9-17-63(59)69-64)55-35-31-51(32-36-55)49-27-23-47(24-28-49)45-19-21-46(22-20-45)48-25-29-50(30-26-48)52-33-37-56(38-34-52)68(54-13-5-2-6-14-54)58-40-42-66-62(44-58)60-16-8-10-18-65(60)70-66/h1-19,21-25,27-45,48H,20,26H2. The molecule has 2 atom stereocenters. The van der Waals surface area contributed by atoms with Crippen LogP contribution in [-0.2, 0) is 0 Å². The van der Waals surface area contributed by atoms with E-state index in [1.54, 1.807) is 0 Å². The predicted octanol–water partition coefficient (Wildman–Crippen LogP) is 19.2. The maximum atomic E-state index is 6.16. The Kier molecular flexibility index (Phi) is 10.7. The van der Waals surface area contributed by atoms with Gasteiger partial charge in [0.1, 0.15) is 11.2 Å². The monoisotopic (exact) mass is 916 g/mol. The molecule has 2 aliphatic carbocycles. The topological polar surface area (TPSA) is 19.6 Å². The highest BCUT2D eigenvalue weighted by Crippen LogP contribution is 2.43. The molecule has 2 unspecified atom stereocenters. The zero-order chi connectivity index (χ0) is 46.4. The average molecular weight is 917 g/mol. The fraction of sp³-hybridized carbons (Fsp3) is 0.0606. The number of furan rings is 1. The molecule has 334 valence electrons. The fourth-order valence-electron chi connectivity index (χ4n) is 10.5. The van der Waals surface area contributed by atoms with Crippen LogP contribution >= 0.6 is 11.3 Å². The van der Waals surface area contributed by atoms with Crippen LogP contribution in [0.4, 0.5) is 34.1 Å². The minimum absolute atomic E-state index is 0.364. The molecule has 9 aromatic carbocycles. The van der Waals surface area contributed by atoms with Crippen molar-refractivity contribution in [1.82, 2.24) is 0 Å². The van der Waals surface area contributed by atoms with Crippen LogP contribution in [0, 0.1) is 5.92 Å². The smallest absolute Gasteiger partial charge is 0.135 e. The van der Waals surface area contributed by atoms with Gasteiger partial charge in [-0.2, -0.15) is 0 Å². The molecule has 13 rings (SSSR count). The van der Waals surface area contributed by atoms with Gasteiger partial charge in [0.15, 0.2) is 0 Å². The molecule has 0 saturated carbocycles. The average Bonchev–Trinajstić information content (AvgIpc) is 4.00. The van der Waals surface area contributed by atoms with Gasteiger partial charge >= 0.3 is 0 Å². The Labute approximate surface area is 412 Å². The summed E-state index contributed by atoms with van der Waals surface area (Å²) in [4.78, 5) is 4.68. The summed E-state index contributed by atoms with van der Waals surface area (Å²) in [5.41, 5.74) is 16.2. The van der Waals surface area contributed by atoms with E-state index in [2.05, 4.69) is 253 Å². The third-order valence-corrected chi connectivity index (χ3v) is 15.3. The van der Waals surface area contributed by atoms with Gasteiger partial charge in [0, 0.05) is 76.9 Å². The molecule has 2 heterocycles. The Bertz CT molecular complexity index is 3820. The second-order valence-corrected chi connectivity index (χ2v) is 19.5. The molecule has 11 aromatic rings. The lowest BCUT2D eigenvalue weighted by atomic mass is 9.82. The zero-order valence-corrected chi connectivity index (χ0v) is 39.3. The van der Waals surface area contributed by atoms with Gasteiger partial charge in [-0.15, -0.1) is 11.3 Å². The minimum Gasteiger partial charge on any atom is -0.456 e. The van der Waals surface area contributed by atoms with Crippen LogP contribution in [-0.4, -0.2) is 0 Å². The molecular weight excluding hydrogens is 869 g/mol. The largest absolute Gasteiger partial charge is 0.456 e. The molecule has 4 heteroatoms. The van der Waals surface area contributed by atoms with Crippen molar-refractivity contribution in [2.75, 3.05) is 9.80 Å². The molecule has 0 amide bonds. The van der Waals surface area contributed by atoms with Crippen LogP contribution in [0.15, 0.2) is 265 Å². The van der Waals surface area contributed by atoms with Gasteiger partial charge in [0.2, 0.25) is 0 Å². The summed E-state index contributed by atoms with van der Waals surface area (Å²) in [6.45, 7) is 0. The molecule has 0 fully saturated rings. The maximum Gasteiger partial charge on any atom is 0.135 e. The van der Waals surface area contributed by atoms with Crippen molar-refractivity contribution in [2.45, 2.75) is 18.8 Å². The number of rotatable bonds is 10. The maximum absolute atomic E-state index is 6.16. The quantitative estimate of drug-likeness (QED) is 0.136. The van der Waals surface area contributed by atoms with Crippen molar-refractivity contribution in [3.8, 4) is 11.1 Å². The van der Waals surface area contributed by atoms with Crippen molar-refractivity contribution >= 4 is 93.1 Å². The normalized spacial score (nSPS) is 15.7. The van der Waals surface area contributed by atoms with Crippen LogP contribution in [0.3, 0.4) is 0 Å². The van der Waals surface area contributed by atoms with Crippen molar-refractivity contribution < 1.29 is 4.42 Å². The third kappa shape index (κ3) is 7.83. The summed E-state index contributed by atoms with van der Waals surface area (Å²) < 4.78 is 8.80. The molecule has 0 bridgehead atoms. The predicted molar refractivity (Wildman–Crippen MR) is 298 cm³/mol. The number of para-hydroxylation sites is 3. The molecule has 2 aromatic heterocycles. The second kappa shape index (κ2) is 17.9. The molecule has 70 heavy (non-hydrogen) atoms. The second-order valence-electron chi connectivity index (χ2n) is 18.4. The van der Waals surface area contributed by atoms with E-state index < -0.39 is 0 Å². The Morgan fingerprint density at radius 3 is 1.54 bits per heavy atom. The lowest BCUT2D eigenvalue weighted by Gasteiger charge is -2.26. The third-order valence-electron chi connectivity index (χ3n) is 14.2. The van der Waals surface area contributed by atoms with Gasteiger partial charge in [0.05, 0.1) is 0 Å². The van der Waals surface area contributed by atoms with Crippen molar-refractivity contribution in [3.63, 3.8) is 0 Å². The Balaban J connectivity index is 0.672. The van der Waals surface area contributed by atoms with Crippen LogP contribution < -0.4 is 9.80 Å². The van der Waals surface area contributed by atoms with E-state index in [-0.39, 0.29) is 0 Å². The van der Waals surface area contributed by atoms with Gasteiger partial charge < -0.3 is 14.2 Å². The molecule has 0 N–H and O–H groups in total. The number of hydrogen-bond donors (Lipinski definition) is 0. The lowest BCUT2D eigenvalue weighted by Crippen LogP contribution is -2.10. The highest BCUT2D eigenvalue weighted by molar-refractivity contribution is 7.25. The van der Waals surface area contributed by atoms with Crippen LogP contribution in [0.1, 0.15) is 29.9 Å². The molecule has 0 radical (unpaired) electrons. The van der Waals surface area contributed by atoms with Crippen LogP contribution in [0.2, 0.25) is 0 Å². The van der Waals surface area contributed by atoms with Gasteiger partial charge in [0.25, 0.3) is 0 Å². The SMILES string of the molecule is C1=CC(C2=CCC(c3ccc(-c4ccc(N(c5ccccc5)c5ccc6oc7ccccc7c6c5)cc4)cc3)C=C2)CC=C1c1ccc(N(c2ccccc2)c2ccc3sc4ccccc4c3c2)cc1. The summed E-state index contributed by atoms with van der Waals surface area (Å²) in [7, 11) is 0. The molecule has 0 spiro atoms. The summed E-state index contributed by atoms with van der Waals surface area (Å²) >= 11 is 1.86. The van der Waals surface area contributed by atoms with E-state index in [1.807, 2.05) is 23.5 Å². The van der Waals surface area contributed by atoms with Gasteiger partial charge in [-0.25, -0.2) is 0 Å². The molecule has 0 aliphatic heterocycles. The molecule has 3 nitrogen and oxygen atoms in total. The number of nitrogens with zero attached hydrogens (tertiary/aromatic N) is 2. The first-order valence-electron chi connectivity index (χ1n) is 24.3. The van der Waals surface area contributed by atoms with E-state index in [0.717, 1.165) is 68.9 Å². The molecule has 0 saturated heterocycles. The van der Waals surface area contributed by atoms with E-state index in [0.29, 0.717) is 11.8 Å². The van der Waals surface area contributed by atoms with Crippen molar-refractivity contribution in [1.29, 1.82) is 0 Å². The number of hydrogen-bond acceptors (Lipinski definition) is 4. The van der Waals surface area contributed by atoms with E-state index >= 15 is 0 Å². The summed E-state index contributed by atoms with van der Waals surface area (Å²) in [5, 5.41) is 4.86. The fourth-order valence-corrected chi connectivity index (χ4v) is 11.6. The summed E-state index contributed by atoms with van der Waals surface area (Å²) in [5.74, 6) is 0.747. The van der Waals surface area contributed by atoms with Crippen LogP contribution in [0.25, 0.3) is 58.8 Å². The summed E-state index contributed by atoms with van der Waals surface area (Å²) in [6.07, 6.45) is 16.4. The van der Waals surface area contributed by atoms with Crippen molar-refractivity contribution in [2.24, 2.45) is 5.92 Å². The van der Waals surface area contributed by atoms with E-state index in [4.69, 9.17) is 4.42 Å². The highest BCUT2D eigenvalue weighted by atomic mass is 32.1. The Hall–Kier alpha value is -8.44. The number of fused-ring (bicyclic) bond motifs is 6. The van der Waals surface area contributed by atoms with Gasteiger partial charge in [-0.1, -0.05) is 158 Å². The lowest BCUT2D eigenvalue weighted by molar-refractivity contribution is 0.669. The van der Waals surface area contributed by atoms with E-state index in [1.165, 1.54) is 53.6 Å². The minimum atomic E-state index is 0.364. The van der Waals surface area contributed by atoms with Crippen LogP contribution in [0.5, 0.6) is 0 Å². The first kappa shape index (κ1) is 41.7. The first-order chi connectivity index (χ1) is 34.7. The van der Waals surface area contributed by atoms with E-state index in [9.17, 15) is 0 Å². The summed E-state index contributed by atoms with van der Waals surface area (Å²) in [6, 6.07) is 78.8.